The molecule has 2 aromatic rings. The van der Waals surface area contributed by atoms with E-state index in [2.05, 4.69) is 66.5 Å². The van der Waals surface area contributed by atoms with Gasteiger partial charge in [0.05, 0.1) is 17.9 Å². The van der Waals surface area contributed by atoms with Crippen LogP contribution in [0.5, 0.6) is 0 Å². The van der Waals surface area contributed by atoms with Crippen LogP contribution in [0.3, 0.4) is 0 Å². The molecule has 156 valence electrons. The van der Waals surface area contributed by atoms with E-state index >= 15 is 0 Å². The van der Waals surface area contributed by atoms with Gasteiger partial charge in [-0.3, -0.25) is 0 Å². The molecular weight excluding hydrogens is 370 g/mol. The number of fused-ring (bicyclic) bond motifs is 1. The quantitative estimate of drug-likeness (QED) is 0.575. The predicted octanol–water partition coefficient (Wildman–Crippen LogP) is 6.65. The van der Waals surface area contributed by atoms with Crippen LogP contribution in [0, 0.1) is 11.3 Å². The van der Waals surface area contributed by atoms with Gasteiger partial charge in [-0.25, -0.2) is 9.97 Å². The Bertz CT molecular complexity index is 1110. The molecule has 0 spiro atoms. The van der Waals surface area contributed by atoms with Crippen molar-refractivity contribution in [3.05, 3.63) is 71.1 Å². The van der Waals surface area contributed by atoms with Gasteiger partial charge in [0, 0.05) is 25.5 Å². The van der Waals surface area contributed by atoms with Crippen molar-refractivity contribution < 1.29 is 4.74 Å². The summed E-state index contributed by atoms with van der Waals surface area (Å²) in [6, 6.07) is 4.44. The van der Waals surface area contributed by atoms with Crippen molar-refractivity contribution in [1.29, 1.82) is 0 Å². The first-order valence-electron chi connectivity index (χ1n) is 11.2. The third-order valence-corrected chi connectivity index (χ3v) is 6.50. The second-order valence-corrected chi connectivity index (χ2v) is 10.0. The standard InChI is InChI=1S/C26H31N3O/c1-17(2)12-22(29-16-28-25-21(29)6-5-11-27-25)18-7-8-23-20(13-18)14-19-9-10-26(3,4)15-24(19)30-23/h5-6,9-11,13,16-17,22H,7-8,12,14-15H2,1-4H3. The van der Waals surface area contributed by atoms with Gasteiger partial charge >= 0.3 is 0 Å². The Morgan fingerprint density at radius 3 is 2.83 bits per heavy atom. The Kier molecular flexibility index (Phi) is 4.68. The lowest BCUT2D eigenvalue weighted by Gasteiger charge is -2.35. The Morgan fingerprint density at radius 1 is 1.13 bits per heavy atom. The van der Waals surface area contributed by atoms with E-state index in [9.17, 15) is 0 Å². The summed E-state index contributed by atoms with van der Waals surface area (Å²) in [6.45, 7) is 9.15. The molecule has 1 aliphatic heterocycles. The summed E-state index contributed by atoms with van der Waals surface area (Å²) in [5.41, 5.74) is 6.32. The van der Waals surface area contributed by atoms with Crippen molar-refractivity contribution in [2.45, 2.75) is 65.8 Å². The van der Waals surface area contributed by atoms with E-state index in [0.717, 1.165) is 43.3 Å². The molecule has 3 aliphatic rings. The zero-order valence-corrected chi connectivity index (χ0v) is 18.5. The molecule has 0 amide bonds. The molecule has 0 radical (unpaired) electrons. The minimum atomic E-state index is 0.186. The van der Waals surface area contributed by atoms with E-state index in [1.165, 1.54) is 28.2 Å². The second-order valence-electron chi connectivity index (χ2n) is 10.0. The van der Waals surface area contributed by atoms with Crippen molar-refractivity contribution in [2.24, 2.45) is 11.3 Å². The van der Waals surface area contributed by atoms with E-state index in [-0.39, 0.29) is 5.41 Å². The van der Waals surface area contributed by atoms with E-state index in [1.54, 1.807) is 0 Å². The van der Waals surface area contributed by atoms with Crippen LogP contribution in [0.15, 0.2) is 71.1 Å². The number of allylic oxidation sites excluding steroid dienone is 8. The van der Waals surface area contributed by atoms with Crippen LogP contribution in [0.4, 0.5) is 0 Å². The molecule has 4 nitrogen and oxygen atoms in total. The zero-order valence-electron chi connectivity index (χ0n) is 18.5. The molecule has 1 atom stereocenters. The number of pyridine rings is 1. The highest BCUT2D eigenvalue weighted by molar-refractivity contribution is 5.70. The van der Waals surface area contributed by atoms with Crippen molar-refractivity contribution >= 4 is 11.2 Å². The van der Waals surface area contributed by atoms with Crippen molar-refractivity contribution in [3.8, 4) is 0 Å². The number of hydrogen-bond donors (Lipinski definition) is 0. The Hall–Kier alpha value is -2.62. The minimum Gasteiger partial charge on any atom is -0.465 e. The topological polar surface area (TPSA) is 39.9 Å². The summed E-state index contributed by atoms with van der Waals surface area (Å²) in [7, 11) is 0. The van der Waals surface area contributed by atoms with Crippen LogP contribution in [-0.4, -0.2) is 14.5 Å². The molecule has 2 aliphatic carbocycles. The molecule has 3 heterocycles. The van der Waals surface area contributed by atoms with Crippen LogP contribution < -0.4 is 0 Å². The maximum Gasteiger partial charge on any atom is 0.177 e. The number of rotatable bonds is 4. The first-order chi connectivity index (χ1) is 14.4. The molecule has 2 aromatic heterocycles. The molecule has 0 N–H and O–H groups in total. The molecule has 0 bridgehead atoms. The SMILES string of the molecule is CC(C)CC(C1=CC2=C(CC1)OC1=C(C=CC(C)(C)C1)C2)n1cnc2ncccc21. The highest BCUT2D eigenvalue weighted by atomic mass is 16.5. The highest BCUT2D eigenvalue weighted by Gasteiger charge is 2.31. The van der Waals surface area contributed by atoms with Gasteiger partial charge in [-0.1, -0.05) is 45.9 Å². The summed E-state index contributed by atoms with van der Waals surface area (Å²) >= 11 is 0. The summed E-state index contributed by atoms with van der Waals surface area (Å²) in [5.74, 6) is 2.97. The average molecular weight is 402 g/mol. The zero-order chi connectivity index (χ0) is 20.9. The summed E-state index contributed by atoms with van der Waals surface area (Å²) in [4.78, 5) is 9.00. The molecule has 1 unspecified atom stereocenters. The Balaban J connectivity index is 1.48. The lowest BCUT2D eigenvalue weighted by molar-refractivity contribution is 0.228. The Labute approximate surface area is 179 Å². The second kappa shape index (κ2) is 7.26. The number of ether oxygens (including phenoxy) is 1. The van der Waals surface area contributed by atoms with Crippen LogP contribution in [0.1, 0.15) is 65.8 Å². The van der Waals surface area contributed by atoms with Gasteiger partial charge in [0.15, 0.2) is 5.65 Å². The minimum absolute atomic E-state index is 0.186. The first kappa shape index (κ1) is 19.3. The smallest absolute Gasteiger partial charge is 0.177 e. The van der Waals surface area contributed by atoms with Gasteiger partial charge in [-0.2, -0.15) is 0 Å². The van der Waals surface area contributed by atoms with Crippen LogP contribution in [0.2, 0.25) is 0 Å². The maximum atomic E-state index is 6.43. The van der Waals surface area contributed by atoms with Crippen molar-refractivity contribution in [2.75, 3.05) is 0 Å². The van der Waals surface area contributed by atoms with Crippen LogP contribution in [0.25, 0.3) is 11.2 Å². The number of nitrogens with zero attached hydrogens (tertiary/aromatic N) is 3. The fourth-order valence-corrected chi connectivity index (χ4v) is 4.95. The van der Waals surface area contributed by atoms with Gasteiger partial charge in [0.1, 0.15) is 11.5 Å². The van der Waals surface area contributed by atoms with Gasteiger partial charge in [0.25, 0.3) is 0 Å². The van der Waals surface area contributed by atoms with Gasteiger partial charge < -0.3 is 9.30 Å². The third kappa shape index (κ3) is 3.53. The van der Waals surface area contributed by atoms with Crippen LogP contribution >= 0.6 is 0 Å². The fraction of sp³-hybridized carbons (Fsp3) is 0.462. The van der Waals surface area contributed by atoms with E-state index in [1.807, 2.05) is 18.6 Å². The first-order valence-corrected chi connectivity index (χ1v) is 11.2. The van der Waals surface area contributed by atoms with Crippen molar-refractivity contribution in [1.82, 2.24) is 14.5 Å². The average Bonchev–Trinajstić information content (AvgIpc) is 3.13. The van der Waals surface area contributed by atoms with E-state index in [0.29, 0.717) is 12.0 Å². The summed E-state index contributed by atoms with van der Waals surface area (Å²) < 4.78 is 8.76. The lowest BCUT2D eigenvalue weighted by atomic mass is 9.79. The molecule has 4 heteroatoms. The van der Waals surface area contributed by atoms with E-state index in [4.69, 9.17) is 4.74 Å². The molecule has 0 saturated heterocycles. The lowest BCUT2D eigenvalue weighted by Crippen LogP contribution is -2.21. The monoisotopic (exact) mass is 401 g/mol. The summed E-state index contributed by atoms with van der Waals surface area (Å²) in [6.07, 6.45) is 15.9. The highest BCUT2D eigenvalue weighted by Crippen LogP contribution is 2.45. The molecule has 30 heavy (non-hydrogen) atoms. The number of aromatic nitrogens is 3. The molecule has 0 fully saturated rings. The van der Waals surface area contributed by atoms with Gasteiger partial charge in [-0.05, 0) is 53.0 Å². The van der Waals surface area contributed by atoms with Crippen LogP contribution in [-0.2, 0) is 4.74 Å². The largest absolute Gasteiger partial charge is 0.465 e. The third-order valence-electron chi connectivity index (χ3n) is 6.50. The molecule has 0 saturated carbocycles. The van der Waals surface area contributed by atoms with Gasteiger partial charge in [0.2, 0.25) is 0 Å². The predicted molar refractivity (Wildman–Crippen MR) is 121 cm³/mol. The Morgan fingerprint density at radius 2 is 2.00 bits per heavy atom. The number of hydrogen-bond acceptors (Lipinski definition) is 3. The normalized spacial score (nSPS) is 21.4. The molecule has 0 aromatic carbocycles. The maximum absolute atomic E-state index is 6.43. The molecule has 5 rings (SSSR count). The number of imidazole rings is 1. The van der Waals surface area contributed by atoms with E-state index < -0.39 is 0 Å². The summed E-state index contributed by atoms with van der Waals surface area (Å²) in [5, 5.41) is 0. The fourth-order valence-electron chi connectivity index (χ4n) is 4.95. The molecular formula is C26H31N3O. The van der Waals surface area contributed by atoms with Gasteiger partial charge in [-0.15, -0.1) is 0 Å². The van der Waals surface area contributed by atoms with Crippen molar-refractivity contribution in [3.63, 3.8) is 0 Å².